The summed E-state index contributed by atoms with van der Waals surface area (Å²) in [6.45, 7) is 8.30. The van der Waals surface area contributed by atoms with Crippen molar-refractivity contribution in [3.05, 3.63) is 58.7 Å². The molecule has 0 heterocycles. The average molecular weight is 354 g/mol. The van der Waals surface area contributed by atoms with Gasteiger partial charge in [0, 0.05) is 6.08 Å². The molecule has 25 heavy (non-hydrogen) atoms. The summed E-state index contributed by atoms with van der Waals surface area (Å²) in [5.41, 5.74) is 2.31. The third-order valence-corrected chi connectivity index (χ3v) is 4.30. The molecule has 0 amide bonds. The highest BCUT2D eigenvalue weighted by Gasteiger charge is 2.32. The molecule has 0 aromatic carbocycles. The van der Waals surface area contributed by atoms with Gasteiger partial charge < -0.3 is 5.11 Å². The molecular formula is C20H25F3O2. The molecule has 0 radical (unpaired) electrons. The van der Waals surface area contributed by atoms with Gasteiger partial charge in [0.2, 0.25) is 0 Å². The molecule has 0 aromatic rings. The van der Waals surface area contributed by atoms with Gasteiger partial charge in [-0.25, -0.2) is 4.79 Å². The van der Waals surface area contributed by atoms with E-state index in [4.69, 9.17) is 5.11 Å². The number of hydrogen-bond acceptors (Lipinski definition) is 1. The molecule has 0 aliphatic heterocycles. The van der Waals surface area contributed by atoms with E-state index in [2.05, 4.69) is 20.8 Å². The minimum absolute atomic E-state index is 0.0998. The predicted molar refractivity (Wildman–Crippen MR) is 94.1 cm³/mol. The molecule has 1 aliphatic rings. The molecule has 1 rings (SSSR count). The molecule has 0 fully saturated rings. The van der Waals surface area contributed by atoms with E-state index in [1.165, 1.54) is 29.7 Å². The van der Waals surface area contributed by atoms with Crippen LogP contribution in [0.2, 0.25) is 0 Å². The lowest BCUT2D eigenvalue weighted by molar-refractivity contribution is -0.132. The van der Waals surface area contributed by atoms with Gasteiger partial charge in [-0.2, -0.15) is 13.2 Å². The predicted octanol–water partition coefficient (Wildman–Crippen LogP) is 6.15. The van der Waals surface area contributed by atoms with E-state index in [-0.39, 0.29) is 11.5 Å². The van der Waals surface area contributed by atoms with Crippen molar-refractivity contribution in [1.82, 2.24) is 0 Å². The van der Waals surface area contributed by atoms with Crippen LogP contribution in [0.15, 0.2) is 58.7 Å². The summed E-state index contributed by atoms with van der Waals surface area (Å²) in [6.07, 6.45) is 6.25. The summed E-state index contributed by atoms with van der Waals surface area (Å²) < 4.78 is 38.1. The Morgan fingerprint density at radius 3 is 2.40 bits per heavy atom. The minimum atomic E-state index is -4.69. The van der Waals surface area contributed by atoms with Crippen molar-refractivity contribution in [2.24, 2.45) is 5.41 Å². The Bertz CT molecular complexity index is 657. The fourth-order valence-electron chi connectivity index (χ4n) is 2.94. The van der Waals surface area contributed by atoms with Crippen molar-refractivity contribution in [3.8, 4) is 0 Å². The van der Waals surface area contributed by atoms with Gasteiger partial charge in [-0.05, 0) is 50.2 Å². The molecule has 0 bridgehead atoms. The van der Waals surface area contributed by atoms with E-state index >= 15 is 0 Å². The fraction of sp³-hybridized carbons (Fsp3) is 0.450. The van der Waals surface area contributed by atoms with Crippen molar-refractivity contribution >= 4 is 5.97 Å². The third kappa shape index (κ3) is 6.77. The van der Waals surface area contributed by atoms with E-state index in [9.17, 15) is 18.0 Å². The molecule has 138 valence electrons. The number of carboxylic acids is 1. The van der Waals surface area contributed by atoms with E-state index in [0.29, 0.717) is 0 Å². The first kappa shape index (κ1) is 21.0. The summed E-state index contributed by atoms with van der Waals surface area (Å²) in [6, 6.07) is 0. The number of aliphatic carboxylic acids is 1. The maximum Gasteiger partial charge on any atom is 0.416 e. The van der Waals surface area contributed by atoms with Crippen LogP contribution in [0.4, 0.5) is 13.2 Å². The molecule has 0 saturated carbocycles. The van der Waals surface area contributed by atoms with Gasteiger partial charge in [0.1, 0.15) is 0 Å². The van der Waals surface area contributed by atoms with E-state index in [1.54, 1.807) is 6.92 Å². The number of alkyl halides is 3. The molecule has 0 unspecified atom stereocenters. The average Bonchev–Trinajstić information content (AvgIpc) is 2.43. The number of carboxylic acid groups (broad SMARTS) is 1. The smallest absolute Gasteiger partial charge is 0.416 e. The quantitative estimate of drug-likeness (QED) is 0.475. The molecule has 1 aliphatic carbocycles. The van der Waals surface area contributed by atoms with Crippen molar-refractivity contribution in [3.63, 3.8) is 0 Å². The number of halogens is 3. The second-order valence-corrected chi connectivity index (χ2v) is 6.97. The van der Waals surface area contributed by atoms with Gasteiger partial charge >= 0.3 is 12.1 Å². The van der Waals surface area contributed by atoms with Crippen LogP contribution in [0.3, 0.4) is 0 Å². The Balaban J connectivity index is 2.93. The van der Waals surface area contributed by atoms with Crippen molar-refractivity contribution < 1.29 is 23.1 Å². The maximum atomic E-state index is 12.7. The minimum Gasteiger partial charge on any atom is -0.478 e. The molecule has 1 N–H and O–H groups in total. The van der Waals surface area contributed by atoms with Gasteiger partial charge in [-0.3, -0.25) is 0 Å². The van der Waals surface area contributed by atoms with Gasteiger partial charge in [0.25, 0.3) is 0 Å². The topological polar surface area (TPSA) is 37.3 Å². The summed E-state index contributed by atoms with van der Waals surface area (Å²) in [7, 11) is 0. The lowest BCUT2D eigenvalue weighted by atomic mass is 9.72. The Hall–Kier alpha value is -2.04. The molecule has 5 heteroatoms. The lowest BCUT2D eigenvalue weighted by Crippen LogP contribution is -2.19. The van der Waals surface area contributed by atoms with Crippen LogP contribution in [0.25, 0.3) is 0 Å². The van der Waals surface area contributed by atoms with E-state index < -0.39 is 17.7 Å². The highest BCUT2D eigenvalue weighted by molar-refractivity contribution is 5.81. The first-order valence-corrected chi connectivity index (χ1v) is 8.18. The molecule has 0 saturated heterocycles. The van der Waals surface area contributed by atoms with Gasteiger partial charge in [0.15, 0.2) is 0 Å². The van der Waals surface area contributed by atoms with Gasteiger partial charge in [-0.1, -0.05) is 49.3 Å². The number of carbonyl (C=O) groups is 1. The van der Waals surface area contributed by atoms with Crippen molar-refractivity contribution in [2.75, 3.05) is 0 Å². The van der Waals surface area contributed by atoms with Crippen LogP contribution in [-0.4, -0.2) is 17.3 Å². The van der Waals surface area contributed by atoms with Crippen LogP contribution < -0.4 is 0 Å². The van der Waals surface area contributed by atoms with Crippen LogP contribution >= 0.6 is 0 Å². The van der Waals surface area contributed by atoms with Crippen molar-refractivity contribution in [1.29, 1.82) is 0 Å². The maximum absolute atomic E-state index is 12.7. The normalized spacial score (nSPS) is 20.0. The monoisotopic (exact) mass is 354 g/mol. The molecule has 2 nitrogen and oxygen atoms in total. The number of allylic oxidation sites excluding steroid dienone is 9. The number of rotatable bonds is 5. The SMILES string of the molecule is CC(C=CC1=C(C)CCCC1(C)C)=CC=CC(=CC(=O)O)C(F)(F)F. The zero-order chi connectivity index (χ0) is 19.3. The Kier molecular flexibility index (Phi) is 7.03. The highest BCUT2D eigenvalue weighted by atomic mass is 19.4. The number of hydrogen-bond donors (Lipinski definition) is 1. The first-order valence-electron chi connectivity index (χ1n) is 8.18. The zero-order valence-electron chi connectivity index (χ0n) is 15.1. The fourth-order valence-corrected chi connectivity index (χ4v) is 2.94. The van der Waals surface area contributed by atoms with Crippen molar-refractivity contribution in [2.45, 2.75) is 53.1 Å². The summed E-state index contributed by atoms with van der Waals surface area (Å²) in [4.78, 5) is 10.5. The molecule has 0 atom stereocenters. The second-order valence-electron chi connectivity index (χ2n) is 6.97. The second kappa shape index (κ2) is 8.37. The lowest BCUT2D eigenvalue weighted by Gasteiger charge is -2.32. The van der Waals surface area contributed by atoms with Gasteiger partial charge in [0.05, 0.1) is 5.57 Å². The van der Waals surface area contributed by atoms with Crippen LogP contribution in [0, 0.1) is 5.41 Å². The van der Waals surface area contributed by atoms with E-state index in [0.717, 1.165) is 24.5 Å². The van der Waals surface area contributed by atoms with Crippen LogP contribution in [0.1, 0.15) is 47.0 Å². The van der Waals surface area contributed by atoms with Crippen LogP contribution in [-0.2, 0) is 4.79 Å². The Labute approximate surface area is 147 Å². The molecular weight excluding hydrogens is 329 g/mol. The standard InChI is InChI=1S/C20H25F3O2/c1-14(7-5-9-16(13-18(24)25)20(21,22)23)10-11-17-15(2)8-6-12-19(17,3)4/h5,7,9-11,13H,6,8,12H2,1-4H3,(H,24,25). The molecule has 0 spiro atoms. The Morgan fingerprint density at radius 2 is 1.88 bits per heavy atom. The Morgan fingerprint density at radius 1 is 1.24 bits per heavy atom. The summed E-state index contributed by atoms with van der Waals surface area (Å²) in [5.74, 6) is -1.63. The van der Waals surface area contributed by atoms with Crippen LogP contribution in [0.5, 0.6) is 0 Å². The van der Waals surface area contributed by atoms with Gasteiger partial charge in [-0.15, -0.1) is 0 Å². The first-order chi connectivity index (χ1) is 11.4. The molecule has 0 aromatic heterocycles. The van der Waals surface area contributed by atoms with E-state index in [1.807, 2.05) is 12.2 Å². The summed E-state index contributed by atoms with van der Waals surface area (Å²) in [5, 5.41) is 8.52. The zero-order valence-corrected chi connectivity index (χ0v) is 15.1. The highest BCUT2D eigenvalue weighted by Crippen LogP contribution is 2.40. The summed E-state index contributed by atoms with van der Waals surface area (Å²) >= 11 is 0. The largest absolute Gasteiger partial charge is 0.478 e. The third-order valence-electron chi connectivity index (χ3n) is 4.30.